The summed E-state index contributed by atoms with van der Waals surface area (Å²) >= 11 is 0. The van der Waals surface area contributed by atoms with E-state index in [1.54, 1.807) is 36.4 Å². The van der Waals surface area contributed by atoms with Gasteiger partial charge in [-0.2, -0.15) is 0 Å². The summed E-state index contributed by atoms with van der Waals surface area (Å²) in [5.74, 6) is -0.362. The van der Waals surface area contributed by atoms with Crippen LogP contribution in [0.1, 0.15) is 17.5 Å². The van der Waals surface area contributed by atoms with Gasteiger partial charge in [-0.15, -0.1) is 0 Å². The zero-order valence-electron chi connectivity index (χ0n) is 22.1. The predicted molar refractivity (Wildman–Crippen MR) is 152 cm³/mol. The minimum atomic E-state index is -3.95. The molecule has 6 rings (SSSR count). The molecule has 0 aliphatic carbocycles. The molecule has 0 bridgehead atoms. The number of ether oxygens (including phenoxy) is 1. The lowest BCUT2D eigenvalue weighted by Gasteiger charge is -2.43. The highest BCUT2D eigenvalue weighted by molar-refractivity contribution is 7.92. The number of aryl methyl sites for hydroxylation is 1. The monoisotopic (exact) mass is 560 g/mol. The van der Waals surface area contributed by atoms with Crippen molar-refractivity contribution < 1.29 is 21.9 Å². The maximum absolute atomic E-state index is 14.6. The number of benzene rings is 4. The minimum Gasteiger partial charge on any atom is -0.486 e. The Kier molecular flexibility index (Phi) is 7.06. The molecule has 0 N–H and O–H groups in total. The van der Waals surface area contributed by atoms with Gasteiger partial charge >= 0.3 is 0 Å². The molecule has 0 aromatic heterocycles. The fourth-order valence-electron chi connectivity index (χ4n) is 5.62. The lowest BCUT2D eigenvalue weighted by molar-refractivity contribution is 0.0528. The number of rotatable bonds is 7. The van der Waals surface area contributed by atoms with Crippen molar-refractivity contribution in [3.63, 3.8) is 0 Å². The quantitative estimate of drug-likeness (QED) is 0.262. The lowest BCUT2D eigenvalue weighted by Crippen LogP contribution is -2.50. The first-order valence-electron chi connectivity index (χ1n) is 13.4. The normalized spacial score (nSPS) is 17.7. The maximum Gasteiger partial charge on any atom is 0.264 e. The highest BCUT2D eigenvalue weighted by Crippen LogP contribution is 2.42. The van der Waals surface area contributed by atoms with Crippen LogP contribution in [0, 0.1) is 24.5 Å². The number of anilines is 1. The highest BCUT2D eigenvalue weighted by atomic mass is 32.2. The first-order valence-corrected chi connectivity index (χ1v) is 14.8. The van der Waals surface area contributed by atoms with E-state index >= 15 is 0 Å². The maximum atomic E-state index is 14.6. The molecule has 8 heteroatoms. The summed E-state index contributed by atoms with van der Waals surface area (Å²) in [7, 11) is -3.95. The standard InChI is InChI=1S/C32H30F2N2O3S/c1-22-6-5-9-28(14-22)40(37,38)36-21-27(15-24-19-35(20-24)18-23-7-3-2-4-8-23)39-32-13-10-25(16-31(32)36)29-17-26(33)11-12-30(29)34/h2-14,16-17,24,27H,15,18-21H2,1H3/t27-/m0/s1. The third-order valence-electron chi connectivity index (χ3n) is 7.59. The fourth-order valence-corrected chi connectivity index (χ4v) is 7.22. The van der Waals surface area contributed by atoms with Gasteiger partial charge in [-0.05, 0) is 78.4 Å². The largest absolute Gasteiger partial charge is 0.486 e. The second kappa shape index (κ2) is 10.7. The second-order valence-electron chi connectivity index (χ2n) is 10.7. The molecule has 2 aliphatic heterocycles. The van der Waals surface area contributed by atoms with E-state index in [4.69, 9.17) is 4.74 Å². The summed E-state index contributed by atoms with van der Waals surface area (Å²) in [6.07, 6.45) is 0.373. The molecule has 4 aromatic rings. The Hall–Kier alpha value is -3.75. The molecular weight excluding hydrogens is 530 g/mol. The summed E-state index contributed by atoms with van der Waals surface area (Å²) in [4.78, 5) is 2.55. The predicted octanol–water partition coefficient (Wildman–Crippen LogP) is 6.42. The number of fused-ring (bicyclic) bond motifs is 1. The molecule has 1 saturated heterocycles. The van der Waals surface area contributed by atoms with E-state index in [1.807, 2.05) is 31.2 Å². The second-order valence-corrected chi connectivity index (χ2v) is 12.5. The molecule has 0 saturated carbocycles. The van der Waals surface area contributed by atoms with Gasteiger partial charge in [0.2, 0.25) is 0 Å². The first kappa shape index (κ1) is 26.5. The van der Waals surface area contributed by atoms with Gasteiger partial charge in [-0.3, -0.25) is 9.21 Å². The number of sulfonamides is 1. The van der Waals surface area contributed by atoms with Gasteiger partial charge in [0.15, 0.2) is 0 Å². The molecule has 0 spiro atoms. The molecule has 2 aliphatic rings. The number of nitrogens with zero attached hydrogens (tertiary/aromatic N) is 2. The van der Waals surface area contributed by atoms with E-state index in [0.29, 0.717) is 29.3 Å². The van der Waals surface area contributed by atoms with Crippen LogP contribution in [0.4, 0.5) is 14.5 Å². The average Bonchev–Trinajstić information content (AvgIpc) is 2.93. The Morgan fingerprint density at radius 3 is 2.45 bits per heavy atom. The van der Waals surface area contributed by atoms with E-state index in [1.165, 1.54) is 9.87 Å². The summed E-state index contributed by atoms with van der Waals surface area (Å²) in [5, 5.41) is 0. The summed E-state index contributed by atoms with van der Waals surface area (Å²) in [6, 6.07) is 25.2. The topological polar surface area (TPSA) is 49.9 Å². The Morgan fingerprint density at radius 2 is 1.68 bits per heavy atom. The van der Waals surface area contributed by atoms with E-state index in [0.717, 1.165) is 43.4 Å². The van der Waals surface area contributed by atoms with Crippen molar-refractivity contribution in [2.24, 2.45) is 5.92 Å². The van der Waals surface area contributed by atoms with Crippen molar-refractivity contribution in [3.8, 4) is 16.9 Å². The van der Waals surface area contributed by atoms with Crippen LogP contribution in [-0.4, -0.2) is 39.1 Å². The Morgan fingerprint density at radius 1 is 0.875 bits per heavy atom. The number of hydrogen-bond acceptors (Lipinski definition) is 4. The van der Waals surface area contributed by atoms with Gasteiger partial charge in [-0.1, -0.05) is 48.5 Å². The molecule has 5 nitrogen and oxygen atoms in total. The molecule has 1 atom stereocenters. The number of likely N-dealkylation sites (tertiary alicyclic amines) is 1. The first-order chi connectivity index (χ1) is 19.3. The SMILES string of the molecule is Cc1cccc(S(=O)(=O)N2C[C@H](CC3CN(Cc4ccccc4)C3)Oc3ccc(-c4cc(F)ccc4F)cc32)c1. The molecule has 206 valence electrons. The van der Waals surface area contributed by atoms with Crippen LogP contribution >= 0.6 is 0 Å². The van der Waals surface area contributed by atoms with E-state index in [9.17, 15) is 17.2 Å². The Balaban J connectivity index is 1.28. The Labute approximate surface area is 233 Å². The van der Waals surface area contributed by atoms with Crippen molar-refractivity contribution in [1.29, 1.82) is 0 Å². The minimum absolute atomic E-state index is 0.0609. The molecule has 1 fully saturated rings. The average molecular weight is 561 g/mol. The van der Waals surface area contributed by atoms with Crippen molar-refractivity contribution in [3.05, 3.63) is 114 Å². The van der Waals surface area contributed by atoms with Gasteiger partial charge in [0.05, 0.1) is 17.1 Å². The van der Waals surface area contributed by atoms with Crippen LogP contribution in [0.15, 0.2) is 95.9 Å². The molecular formula is C32H30F2N2O3S. The fraction of sp³-hybridized carbons (Fsp3) is 0.250. The summed E-state index contributed by atoms with van der Waals surface area (Å²) < 4.78 is 64.2. The van der Waals surface area contributed by atoms with E-state index in [2.05, 4.69) is 17.0 Å². The zero-order valence-corrected chi connectivity index (χ0v) is 23.0. The van der Waals surface area contributed by atoms with Gasteiger partial charge in [0.25, 0.3) is 10.0 Å². The third kappa shape index (κ3) is 5.33. The summed E-state index contributed by atoms with van der Waals surface area (Å²) in [6.45, 7) is 4.71. The molecule has 4 aromatic carbocycles. The highest BCUT2D eigenvalue weighted by Gasteiger charge is 2.38. The van der Waals surface area contributed by atoms with Crippen molar-refractivity contribution in [1.82, 2.24) is 4.90 Å². The summed E-state index contributed by atoms with van der Waals surface area (Å²) in [5.41, 5.74) is 2.85. The van der Waals surface area contributed by atoms with Gasteiger partial charge < -0.3 is 4.74 Å². The molecule has 0 amide bonds. The van der Waals surface area contributed by atoms with Crippen LogP contribution in [0.3, 0.4) is 0 Å². The van der Waals surface area contributed by atoms with Gasteiger partial charge in [0, 0.05) is 25.2 Å². The van der Waals surface area contributed by atoms with Crippen LogP contribution in [0.25, 0.3) is 11.1 Å². The number of hydrogen-bond donors (Lipinski definition) is 0. The Bertz CT molecular complexity index is 1640. The molecule has 0 unspecified atom stereocenters. The van der Waals surface area contributed by atoms with Gasteiger partial charge in [-0.25, -0.2) is 17.2 Å². The van der Waals surface area contributed by atoms with E-state index in [-0.39, 0.29) is 23.1 Å². The smallest absolute Gasteiger partial charge is 0.264 e. The zero-order chi connectivity index (χ0) is 27.9. The third-order valence-corrected chi connectivity index (χ3v) is 9.36. The lowest BCUT2D eigenvalue weighted by atomic mass is 9.92. The molecule has 40 heavy (non-hydrogen) atoms. The van der Waals surface area contributed by atoms with Crippen molar-refractivity contribution >= 4 is 15.7 Å². The van der Waals surface area contributed by atoms with Crippen molar-refractivity contribution in [2.45, 2.75) is 30.9 Å². The van der Waals surface area contributed by atoms with Crippen LogP contribution < -0.4 is 9.04 Å². The van der Waals surface area contributed by atoms with Crippen molar-refractivity contribution in [2.75, 3.05) is 23.9 Å². The molecule has 0 radical (unpaired) electrons. The van der Waals surface area contributed by atoms with Crippen LogP contribution in [0.5, 0.6) is 5.75 Å². The van der Waals surface area contributed by atoms with Crippen LogP contribution in [-0.2, 0) is 16.6 Å². The van der Waals surface area contributed by atoms with Crippen LogP contribution in [0.2, 0.25) is 0 Å². The molecule has 2 heterocycles. The van der Waals surface area contributed by atoms with E-state index < -0.39 is 21.7 Å². The van der Waals surface area contributed by atoms with Gasteiger partial charge in [0.1, 0.15) is 23.5 Å². The number of halogens is 2.